The summed E-state index contributed by atoms with van der Waals surface area (Å²) in [7, 11) is 0. The monoisotopic (exact) mass is 697 g/mol. The second kappa shape index (κ2) is 12.3. The molecule has 1 atom stereocenters. The number of carbonyl (C=O) groups excluding carboxylic acids is 1. The van der Waals surface area contributed by atoms with Crippen LogP contribution in [0.3, 0.4) is 0 Å². The topological polar surface area (TPSA) is 82.4 Å². The van der Waals surface area contributed by atoms with Gasteiger partial charge in [-0.05, 0) is 112 Å². The minimum absolute atomic E-state index is 0.123. The molecule has 2 aromatic carbocycles. The predicted octanol–water partition coefficient (Wildman–Crippen LogP) is 5.73. The molecule has 0 amide bonds. The number of ether oxygens (including phenoxy) is 3. The first-order valence-corrected chi connectivity index (χ1v) is 15.5. The number of anilines is 1. The summed E-state index contributed by atoms with van der Waals surface area (Å²) in [5.74, 6) is 0.683. The molecule has 42 heavy (non-hydrogen) atoms. The number of nitrogens with zero attached hydrogens (tertiary/aromatic N) is 3. The van der Waals surface area contributed by atoms with Crippen LogP contribution in [0.4, 0.5) is 5.69 Å². The van der Waals surface area contributed by atoms with Crippen molar-refractivity contribution in [2.45, 2.75) is 47.6 Å². The van der Waals surface area contributed by atoms with E-state index in [4.69, 9.17) is 14.2 Å². The fourth-order valence-electron chi connectivity index (χ4n) is 5.01. The number of esters is 1. The third-order valence-electron chi connectivity index (χ3n) is 7.24. The molecule has 0 unspecified atom stereocenters. The van der Waals surface area contributed by atoms with Gasteiger partial charge in [-0.15, -0.1) is 0 Å². The van der Waals surface area contributed by atoms with Gasteiger partial charge < -0.3 is 19.1 Å². The fraction of sp³-hybridized carbons (Fsp3) is 0.281. The number of carbonyl (C=O) groups is 1. The van der Waals surface area contributed by atoms with Crippen molar-refractivity contribution in [2.75, 3.05) is 18.3 Å². The Balaban J connectivity index is 1.63. The molecule has 0 bridgehead atoms. The summed E-state index contributed by atoms with van der Waals surface area (Å²) in [5.41, 5.74) is 5.59. The molecule has 0 aliphatic carbocycles. The van der Waals surface area contributed by atoms with E-state index in [0.717, 1.165) is 17.1 Å². The number of aromatic nitrogens is 1. The maximum Gasteiger partial charge on any atom is 0.338 e. The lowest BCUT2D eigenvalue weighted by atomic mass is 9.95. The molecule has 0 saturated heterocycles. The summed E-state index contributed by atoms with van der Waals surface area (Å²) in [5, 5.41) is 0. The smallest absolute Gasteiger partial charge is 0.338 e. The Labute approximate surface area is 262 Å². The molecule has 0 fully saturated rings. The van der Waals surface area contributed by atoms with Crippen LogP contribution in [-0.2, 0) is 9.53 Å². The Bertz CT molecular complexity index is 1850. The van der Waals surface area contributed by atoms with Crippen LogP contribution in [0.1, 0.15) is 51.8 Å². The molecule has 3 aromatic rings. The van der Waals surface area contributed by atoms with Crippen LogP contribution in [0.25, 0.3) is 6.08 Å². The van der Waals surface area contributed by atoms with E-state index in [1.54, 1.807) is 24.5 Å². The highest BCUT2D eigenvalue weighted by molar-refractivity contribution is 14.1. The number of aryl methyl sites for hydroxylation is 1. The maximum absolute atomic E-state index is 14.0. The van der Waals surface area contributed by atoms with Gasteiger partial charge >= 0.3 is 5.97 Å². The summed E-state index contributed by atoms with van der Waals surface area (Å²) in [6.45, 7) is 12.0. The van der Waals surface area contributed by atoms with Crippen molar-refractivity contribution >= 4 is 51.7 Å². The van der Waals surface area contributed by atoms with Crippen LogP contribution < -0.4 is 29.3 Å². The largest absolute Gasteiger partial charge is 0.463 e. The summed E-state index contributed by atoms with van der Waals surface area (Å²) < 4.78 is 19.7. The number of halogens is 1. The average Bonchev–Trinajstić information content (AvgIpc) is 3.56. The molecule has 0 N–H and O–H groups in total. The number of rotatable bonds is 7. The summed E-state index contributed by atoms with van der Waals surface area (Å²) in [6, 6.07) is 11.1. The molecule has 2 aliphatic heterocycles. The van der Waals surface area contributed by atoms with Gasteiger partial charge in [0.1, 0.15) is 0 Å². The van der Waals surface area contributed by atoms with Gasteiger partial charge in [-0.2, -0.15) is 0 Å². The first kappa shape index (κ1) is 29.8. The van der Waals surface area contributed by atoms with Crippen LogP contribution in [0.2, 0.25) is 0 Å². The number of allylic oxidation sites excluding steroid dienone is 5. The van der Waals surface area contributed by atoms with E-state index >= 15 is 0 Å². The van der Waals surface area contributed by atoms with E-state index in [0.29, 0.717) is 37.7 Å². The van der Waals surface area contributed by atoms with Crippen molar-refractivity contribution in [3.05, 3.63) is 106 Å². The molecule has 8 nitrogen and oxygen atoms in total. The van der Waals surface area contributed by atoms with Crippen molar-refractivity contribution in [1.82, 2.24) is 4.57 Å². The van der Waals surface area contributed by atoms with Crippen molar-refractivity contribution < 1.29 is 19.0 Å². The van der Waals surface area contributed by atoms with Gasteiger partial charge in [0.15, 0.2) is 16.3 Å². The molecule has 0 radical (unpaired) electrons. The van der Waals surface area contributed by atoms with Crippen molar-refractivity contribution in [2.24, 2.45) is 4.99 Å². The first-order valence-electron chi connectivity index (χ1n) is 13.6. The average molecular weight is 698 g/mol. The van der Waals surface area contributed by atoms with E-state index < -0.39 is 12.0 Å². The normalized spacial score (nSPS) is 16.8. The second-order valence-corrected chi connectivity index (χ2v) is 12.1. The van der Waals surface area contributed by atoms with Gasteiger partial charge in [0, 0.05) is 20.7 Å². The summed E-state index contributed by atoms with van der Waals surface area (Å²) >= 11 is 3.64. The Hall–Kier alpha value is -3.64. The number of hydrogen-bond donors (Lipinski definition) is 0. The Morgan fingerprint density at radius 2 is 1.93 bits per heavy atom. The van der Waals surface area contributed by atoms with Gasteiger partial charge in [-0.1, -0.05) is 29.5 Å². The predicted molar refractivity (Wildman–Crippen MR) is 173 cm³/mol. The maximum atomic E-state index is 14.0. The molecule has 218 valence electrons. The van der Waals surface area contributed by atoms with E-state index in [2.05, 4.69) is 70.6 Å². The zero-order valence-corrected chi connectivity index (χ0v) is 27.3. The van der Waals surface area contributed by atoms with Gasteiger partial charge in [-0.25, -0.2) is 9.79 Å². The highest BCUT2D eigenvalue weighted by atomic mass is 127. The minimum atomic E-state index is -0.724. The third kappa shape index (κ3) is 5.57. The van der Waals surface area contributed by atoms with Crippen molar-refractivity contribution in [3.63, 3.8) is 0 Å². The van der Waals surface area contributed by atoms with Crippen molar-refractivity contribution in [3.8, 4) is 11.5 Å². The number of thiazole rings is 1. The second-order valence-electron chi connectivity index (χ2n) is 9.94. The molecule has 1 aromatic heterocycles. The van der Waals surface area contributed by atoms with Crippen LogP contribution in [0.15, 0.2) is 81.0 Å². The van der Waals surface area contributed by atoms with Crippen molar-refractivity contribution in [1.29, 1.82) is 0 Å². The number of benzene rings is 2. The fourth-order valence-corrected chi connectivity index (χ4v) is 6.50. The zero-order chi connectivity index (χ0) is 30.1. The highest BCUT2D eigenvalue weighted by Gasteiger charge is 2.34. The Morgan fingerprint density at radius 1 is 1.17 bits per heavy atom. The molecular formula is C32H32IN3O5S. The number of fused-ring (bicyclic) bond motifs is 2. The van der Waals surface area contributed by atoms with Gasteiger partial charge in [0.05, 0.1) is 28.5 Å². The van der Waals surface area contributed by atoms with E-state index in [-0.39, 0.29) is 19.0 Å². The Morgan fingerprint density at radius 3 is 2.64 bits per heavy atom. The van der Waals surface area contributed by atoms with E-state index in [1.165, 1.54) is 20.5 Å². The zero-order valence-electron chi connectivity index (χ0n) is 24.4. The third-order valence-corrected chi connectivity index (χ3v) is 9.41. The van der Waals surface area contributed by atoms with Gasteiger partial charge in [0.25, 0.3) is 5.56 Å². The summed E-state index contributed by atoms with van der Waals surface area (Å²) in [4.78, 5) is 34.5. The molecule has 2 aliphatic rings. The minimum Gasteiger partial charge on any atom is -0.463 e. The van der Waals surface area contributed by atoms with Gasteiger partial charge in [0.2, 0.25) is 6.79 Å². The summed E-state index contributed by atoms with van der Waals surface area (Å²) in [6.07, 6.45) is 5.83. The van der Waals surface area contributed by atoms with E-state index in [9.17, 15) is 9.59 Å². The standard InChI is InChI=1S/C32H32IN3O5S/c1-7-19(4)35(23-12-9-18(3)24(33)16-23)20(5)10-14-27-30(37)36-29(22-11-13-25-26(15-22)41-17-40-25)28(31(38)39-8-2)21(6)34-32(36)42-27/h7,9-16,29H,8,17H2,1-6H3/b19-7-,20-10+,27-14-/t29-/m1/s1. The quantitative estimate of drug-likeness (QED) is 0.232. The van der Waals surface area contributed by atoms with Crippen LogP contribution in [0, 0.1) is 10.5 Å². The molecular weight excluding hydrogens is 665 g/mol. The lowest BCUT2D eigenvalue weighted by Gasteiger charge is -2.26. The van der Waals surface area contributed by atoms with E-state index in [1.807, 2.05) is 38.1 Å². The SMILES string of the molecule is C/C=C(/C)N(/C(C)=C/C=c1\sc2n(c1=O)[C@H](c1ccc3c(c1)OCO3)C(C(=O)OCC)=C(C)N=2)c1ccc(C)c(I)c1. The lowest BCUT2D eigenvalue weighted by Crippen LogP contribution is -2.39. The molecule has 5 rings (SSSR count). The van der Waals surface area contributed by atoms with Crippen LogP contribution >= 0.6 is 33.9 Å². The molecule has 0 spiro atoms. The highest BCUT2D eigenvalue weighted by Crippen LogP contribution is 2.38. The lowest BCUT2D eigenvalue weighted by molar-refractivity contribution is -0.139. The Kier molecular flexibility index (Phi) is 8.74. The molecule has 10 heteroatoms. The van der Waals surface area contributed by atoms with Crippen LogP contribution in [0.5, 0.6) is 11.5 Å². The molecule has 0 saturated carbocycles. The van der Waals surface area contributed by atoms with Gasteiger partial charge in [-0.3, -0.25) is 9.36 Å². The van der Waals surface area contributed by atoms with Crippen LogP contribution in [-0.4, -0.2) is 23.9 Å². The molecule has 3 heterocycles. The first-order chi connectivity index (χ1) is 20.1. The number of hydrogen-bond acceptors (Lipinski definition) is 8.